The lowest BCUT2D eigenvalue weighted by Crippen LogP contribution is -2.51. The summed E-state index contributed by atoms with van der Waals surface area (Å²) in [5.74, 6) is 0.503. The number of aromatic nitrogens is 2. The Morgan fingerprint density at radius 2 is 2.08 bits per heavy atom. The van der Waals surface area contributed by atoms with Crippen molar-refractivity contribution in [3.63, 3.8) is 0 Å². The molecule has 7 heteroatoms. The molecule has 0 spiro atoms. The predicted octanol–water partition coefficient (Wildman–Crippen LogP) is 3.92. The number of aromatic amines is 1. The molecule has 1 unspecified atom stereocenters. The molecule has 2 aromatic rings. The first-order valence-electron chi connectivity index (χ1n) is 8.53. The first kappa shape index (κ1) is 17.8. The van der Waals surface area contributed by atoms with Gasteiger partial charge in [-0.05, 0) is 30.0 Å². The third-order valence-electron chi connectivity index (χ3n) is 4.49. The average Bonchev–Trinajstić information content (AvgIpc) is 3.07. The van der Waals surface area contributed by atoms with Crippen LogP contribution in [0.2, 0.25) is 0 Å². The van der Waals surface area contributed by atoms with E-state index in [0.29, 0.717) is 36.7 Å². The maximum absolute atomic E-state index is 13.7. The molecule has 0 bridgehead atoms. The average molecular weight is 352 g/mol. The largest absolute Gasteiger partial charge is 0.418 e. The number of alkyl halides is 3. The smallest absolute Gasteiger partial charge is 0.368 e. The Morgan fingerprint density at radius 1 is 1.28 bits per heavy atom. The van der Waals surface area contributed by atoms with Crippen molar-refractivity contribution in [3.8, 4) is 11.1 Å². The molecule has 1 aromatic carbocycles. The van der Waals surface area contributed by atoms with Crippen molar-refractivity contribution in [3.05, 3.63) is 36.2 Å². The van der Waals surface area contributed by atoms with Crippen LogP contribution < -0.4 is 10.2 Å². The number of hydrogen-bond acceptors (Lipinski definition) is 3. The molecule has 1 saturated heterocycles. The first-order valence-corrected chi connectivity index (χ1v) is 8.53. The fourth-order valence-electron chi connectivity index (χ4n) is 3.40. The van der Waals surface area contributed by atoms with E-state index in [9.17, 15) is 13.2 Å². The monoisotopic (exact) mass is 352 g/mol. The molecule has 25 heavy (non-hydrogen) atoms. The van der Waals surface area contributed by atoms with Gasteiger partial charge in [0.15, 0.2) is 0 Å². The number of piperazine rings is 1. The van der Waals surface area contributed by atoms with Crippen molar-refractivity contribution in [2.45, 2.75) is 32.5 Å². The standard InChI is InChI=1S/C18H23F3N4/c1-12(2)7-15-11-25(6-5-22-15)17-4-3-13(14-9-23-24-10-14)8-16(17)18(19,20)21/h3-4,8-10,12,15,22H,5-7,11H2,1-2H3,(H,23,24). The normalized spacial score (nSPS) is 18.8. The molecule has 3 rings (SSSR count). The summed E-state index contributed by atoms with van der Waals surface area (Å²) >= 11 is 0. The molecule has 0 aliphatic carbocycles. The van der Waals surface area contributed by atoms with E-state index in [1.165, 1.54) is 12.3 Å². The van der Waals surface area contributed by atoms with E-state index < -0.39 is 11.7 Å². The van der Waals surface area contributed by atoms with Crippen molar-refractivity contribution in [2.24, 2.45) is 5.92 Å². The van der Waals surface area contributed by atoms with E-state index >= 15 is 0 Å². The van der Waals surface area contributed by atoms with Gasteiger partial charge in [-0.25, -0.2) is 0 Å². The van der Waals surface area contributed by atoms with Gasteiger partial charge in [0, 0.05) is 43.1 Å². The number of halogens is 3. The van der Waals surface area contributed by atoms with Crippen LogP contribution in [0.4, 0.5) is 18.9 Å². The molecule has 0 radical (unpaired) electrons. The lowest BCUT2D eigenvalue weighted by Gasteiger charge is -2.37. The van der Waals surface area contributed by atoms with E-state index in [0.717, 1.165) is 6.42 Å². The molecule has 2 heterocycles. The van der Waals surface area contributed by atoms with Gasteiger partial charge in [-0.3, -0.25) is 5.10 Å². The SMILES string of the molecule is CC(C)CC1CN(c2ccc(-c3cn[nH]c3)cc2C(F)(F)F)CCN1. The quantitative estimate of drug-likeness (QED) is 0.877. The minimum atomic E-state index is -4.40. The molecule has 0 saturated carbocycles. The zero-order valence-corrected chi connectivity index (χ0v) is 14.4. The van der Waals surface area contributed by atoms with Crippen molar-refractivity contribution in [2.75, 3.05) is 24.5 Å². The number of nitrogens with zero attached hydrogens (tertiary/aromatic N) is 2. The Balaban J connectivity index is 1.92. The number of nitrogens with one attached hydrogen (secondary N) is 2. The van der Waals surface area contributed by atoms with Crippen LogP contribution in [0.1, 0.15) is 25.8 Å². The van der Waals surface area contributed by atoms with Gasteiger partial charge in [0.05, 0.1) is 11.8 Å². The van der Waals surface area contributed by atoms with Crippen molar-refractivity contribution >= 4 is 5.69 Å². The summed E-state index contributed by atoms with van der Waals surface area (Å²) in [6.45, 7) is 6.11. The third kappa shape index (κ3) is 4.15. The van der Waals surface area contributed by atoms with Crippen LogP contribution in [0.5, 0.6) is 0 Å². The molecule has 1 fully saturated rings. The minimum absolute atomic E-state index is 0.211. The van der Waals surface area contributed by atoms with Gasteiger partial charge in [-0.15, -0.1) is 0 Å². The van der Waals surface area contributed by atoms with Gasteiger partial charge in [0.25, 0.3) is 0 Å². The molecule has 1 aromatic heterocycles. The number of rotatable bonds is 4. The van der Waals surface area contributed by atoms with Gasteiger partial charge >= 0.3 is 6.18 Å². The van der Waals surface area contributed by atoms with Crippen molar-refractivity contribution in [1.29, 1.82) is 0 Å². The molecular formula is C18H23F3N4. The third-order valence-corrected chi connectivity index (χ3v) is 4.49. The van der Waals surface area contributed by atoms with Crippen LogP contribution in [-0.2, 0) is 6.18 Å². The Hall–Kier alpha value is -2.02. The molecule has 1 aliphatic heterocycles. The second kappa shape index (κ2) is 7.07. The number of H-pyrrole nitrogens is 1. The van der Waals surface area contributed by atoms with Crippen LogP contribution in [0.25, 0.3) is 11.1 Å². The van der Waals surface area contributed by atoms with Gasteiger partial charge in [-0.1, -0.05) is 19.9 Å². The fourth-order valence-corrected chi connectivity index (χ4v) is 3.40. The fraction of sp³-hybridized carbons (Fsp3) is 0.500. The number of hydrogen-bond donors (Lipinski definition) is 2. The highest BCUT2D eigenvalue weighted by atomic mass is 19.4. The van der Waals surface area contributed by atoms with Gasteiger partial charge < -0.3 is 10.2 Å². The molecule has 4 nitrogen and oxygen atoms in total. The Kier molecular flexibility index (Phi) is 5.03. The highest BCUT2D eigenvalue weighted by molar-refractivity contribution is 5.69. The van der Waals surface area contributed by atoms with Gasteiger partial charge in [-0.2, -0.15) is 18.3 Å². The van der Waals surface area contributed by atoms with Crippen LogP contribution >= 0.6 is 0 Å². The Bertz CT molecular complexity index is 695. The molecule has 2 N–H and O–H groups in total. The zero-order chi connectivity index (χ0) is 18.0. The van der Waals surface area contributed by atoms with Gasteiger partial charge in [0.2, 0.25) is 0 Å². The molecule has 1 aliphatic rings. The summed E-state index contributed by atoms with van der Waals surface area (Å²) in [7, 11) is 0. The van der Waals surface area contributed by atoms with Gasteiger partial charge in [0.1, 0.15) is 0 Å². The van der Waals surface area contributed by atoms with Crippen LogP contribution in [0.15, 0.2) is 30.6 Å². The topological polar surface area (TPSA) is 44.0 Å². The molecule has 1 atom stereocenters. The first-order chi connectivity index (χ1) is 11.8. The second-order valence-electron chi connectivity index (χ2n) is 6.94. The van der Waals surface area contributed by atoms with E-state index in [-0.39, 0.29) is 11.7 Å². The van der Waals surface area contributed by atoms with E-state index in [1.54, 1.807) is 18.3 Å². The summed E-state index contributed by atoms with van der Waals surface area (Å²) in [6.07, 6.45) is -0.324. The van der Waals surface area contributed by atoms with Crippen LogP contribution in [0, 0.1) is 5.92 Å². The summed E-state index contributed by atoms with van der Waals surface area (Å²) in [5, 5.41) is 9.86. The maximum Gasteiger partial charge on any atom is 0.418 e. The Morgan fingerprint density at radius 3 is 2.72 bits per heavy atom. The summed E-state index contributed by atoms with van der Waals surface area (Å²) in [4.78, 5) is 1.85. The van der Waals surface area contributed by atoms with E-state index in [1.807, 2.05) is 4.90 Å². The summed E-state index contributed by atoms with van der Waals surface area (Å²) < 4.78 is 41.0. The second-order valence-corrected chi connectivity index (χ2v) is 6.94. The lowest BCUT2D eigenvalue weighted by atomic mass is 9.99. The van der Waals surface area contributed by atoms with Crippen molar-refractivity contribution < 1.29 is 13.2 Å². The highest BCUT2D eigenvalue weighted by Gasteiger charge is 2.36. The maximum atomic E-state index is 13.7. The molecular weight excluding hydrogens is 329 g/mol. The minimum Gasteiger partial charge on any atom is -0.368 e. The highest BCUT2D eigenvalue weighted by Crippen LogP contribution is 2.39. The predicted molar refractivity (Wildman–Crippen MR) is 92.5 cm³/mol. The van der Waals surface area contributed by atoms with Crippen LogP contribution in [0.3, 0.4) is 0 Å². The Labute approximate surface area is 145 Å². The molecule has 136 valence electrons. The lowest BCUT2D eigenvalue weighted by molar-refractivity contribution is -0.137. The number of benzene rings is 1. The van der Waals surface area contributed by atoms with E-state index in [2.05, 4.69) is 29.4 Å². The zero-order valence-electron chi connectivity index (χ0n) is 14.4. The summed E-state index contributed by atoms with van der Waals surface area (Å²) in [6, 6.07) is 4.75. The molecule has 0 amide bonds. The number of anilines is 1. The van der Waals surface area contributed by atoms with E-state index in [4.69, 9.17) is 0 Å². The summed E-state index contributed by atoms with van der Waals surface area (Å²) in [5.41, 5.74) is 0.833. The van der Waals surface area contributed by atoms with Crippen molar-refractivity contribution in [1.82, 2.24) is 15.5 Å². The van der Waals surface area contributed by atoms with Crippen LogP contribution in [-0.4, -0.2) is 35.9 Å².